The average Bonchev–Trinajstić information content (AvgIpc) is 3.04. The number of fused-ring (bicyclic) bond motifs is 3. The summed E-state index contributed by atoms with van der Waals surface area (Å²) in [6, 6.07) is 16.2. The number of benzene rings is 2. The minimum Gasteiger partial charge on any atom is -0.484 e. The molecule has 0 atom stereocenters. The predicted molar refractivity (Wildman–Crippen MR) is 98.7 cm³/mol. The highest BCUT2D eigenvalue weighted by molar-refractivity contribution is 5.86. The van der Waals surface area contributed by atoms with Crippen LogP contribution in [0.3, 0.4) is 0 Å². The minimum atomic E-state index is 0.0397. The number of nitrogens with zero attached hydrogens (tertiary/aromatic N) is 1. The number of carbonyl (C=O) groups is 1. The van der Waals surface area contributed by atoms with Crippen LogP contribution in [0.15, 0.2) is 48.5 Å². The zero-order valence-corrected chi connectivity index (χ0v) is 14.4. The topological polar surface area (TPSA) is 45.3 Å². The number of H-pyrrole nitrogens is 1. The fourth-order valence-corrected chi connectivity index (χ4v) is 3.47. The van der Waals surface area contributed by atoms with Crippen molar-refractivity contribution in [3.63, 3.8) is 0 Å². The van der Waals surface area contributed by atoms with Crippen LogP contribution in [0.4, 0.5) is 0 Å². The summed E-state index contributed by atoms with van der Waals surface area (Å²) in [5.41, 5.74) is 4.85. The summed E-state index contributed by atoms with van der Waals surface area (Å²) in [5.74, 6) is 0.801. The molecule has 0 bridgehead atoms. The van der Waals surface area contributed by atoms with Gasteiger partial charge in [-0.1, -0.05) is 37.3 Å². The summed E-state index contributed by atoms with van der Waals surface area (Å²) in [6.45, 7) is 3.58. The number of aromatic nitrogens is 1. The normalized spacial score (nSPS) is 13.7. The third kappa shape index (κ3) is 3.12. The van der Waals surface area contributed by atoms with Gasteiger partial charge < -0.3 is 14.6 Å². The molecule has 0 spiro atoms. The van der Waals surface area contributed by atoms with Crippen LogP contribution >= 0.6 is 0 Å². The smallest absolute Gasteiger partial charge is 0.260 e. The van der Waals surface area contributed by atoms with Crippen molar-refractivity contribution in [3.8, 4) is 5.75 Å². The van der Waals surface area contributed by atoms with Crippen molar-refractivity contribution in [2.75, 3.05) is 13.2 Å². The fourth-order valence-electron chi connectivity index (χ4n) is 3.47. The van der Waals surface area contributed by atoms with Crippen molar-refractivity contribution in [2.45, 2.75) is 26.3 Å². The molecule has 1 amide bonds. The molecule has 0 fully saturated rings. The quantitative estimate of drug-likeness (QED) is 0.791. The Labute approximate surface area is 147 Å². The Kier molecular flexibility index (Phi) is 4.18. The van der Waals surface area contributed by atoms with Gasteiger partial charge in [0.2, 0.25) is 0 Å². The van der Waals surface area contributed by atoms with Gasteiger partial charge in [0.15, 0.2) is 6.61 Å². The molecular weight excluding hydrogens is 312 g/mol. The van der Waals surface area contributed by atoms with Crippen LogP contribution in [0.1, 0.15) is 23.7 Å². The van der Waals surface area contributed by atoms with Gasteiger partial charge in [-0.15, -0.1) is 0 Å². The van der Waals surface area contributed by atoms with E-state index in [2.05, 4.69) is 30.1 Å². The second kappa shape index (κ2) is 6.63. The highest BCUT2D eigenvalue weighted by atomic mass is 16.5. The molecule has 0 saturated carbocycles. The van der Waals surface area contributed by atoms with Crippen molar-refractivity contribution in [2.24, 2.45) is 0 Å². The second-order valence-electron chi connectivity index (χ2n) is 6.48. The summed E-state index contributed by atoms with van der Waals surface area (Å²) in [7, 11) is 0. The standard InChI is InChI=1S/C21H22N2O2/c1-2-15-6-5-7-16(12-15)25-14-21(24)23-11-10-20-18(13-23)17-8-3-4-9-19(17)22-20/h3-9,12,22H,2,10-11,13-14H2,1H3. The van der Waals surface area contributed by atoms with E-state index in [0.717, 1.165) is 30.7 Å². The molecule has 128 valence electrons. The monoisotopic (exact) mass is 334 g/mol. The van der Waals surface area contributed by atoms with E-state index in [-0.39, 0.29) is 12.5 Å². The molecule has 0 saturated heterocycles. The Morgan fingerprint density at radius 1 is 1.20 bits per heavy atom. The first-order chi connectivity index (χ1) is 12.2. The zero-order valence-electron chi connectivity index (χ0n) is 14.4. The molecule has 4 rings (SSSR count). The number of rotatable bonds is 4. The van der Waals surface area contributed by atoms with Crippen LogP contribution in [0.25, 0.3) is 10.9 Å². The molecule has 1 aromatic heterocycles. The third-order valence-corrected chi connectivity index (χ3v) is 4.90. The van der Waals surface area contributed by atoms with E-state index >= 15 is 0 Å². The minimum absolute atomic E-state index is 0.0397. The number of aromatic amines is 1. The van der Waals surface area contributed by atoms with E-state index < -0.39 is 0 Å². The van der Waals surface area contributed by atoms with Gasteiger partial charge in [0.25, 0.3) is 5.91 Å². The fraction of sp³-hybridized carbons (Fsp3) is 0.286. The van der Waals surface area contributed by atoms with Gasteiger partial charge in [-0.25, -0.2) is 0 Å². The molecule has 0 aliphatic carbocycles. The maximum absolute atomic E-state index is 12.6. The SMILES string of the molecule is CCc1cccc(OCC(=O)N2CCc3[nH]c4ccccc4c3C2)c1. The van der Waals surface area contributed by atoms with Crippen LogP contribution < -0.4 is 4.74 Å². The maximum Gasteiger partial charge on any atom is 0.260 e. The number of carbonyl (C=O) groups excluding carboxylic acids is 1. The molecule has 2 heterocycles. The molecule has 1 N–H and O–H groups in total. The van der Waals surface area contributed by atoms with Gasteiger partial charge in [0.05, 0.1) is 0 Å². The first-order valence-corrected chi connectivity index (χ1v) is 8.82. The first-order valence-electron chi connectivity index (χ1n) is 8.82. The molecule has 2 aromatic carbocycles. The van der Waals surface area contributed by atoms with Crippen LogP contribution in [0.2, 0.25) is 0 Å². The van der Waals surface area contributed by atoms with Gasteiger partial charge >= 0.3 is 0 Å². The molecule has 25 heavy (non-hydrogen) atoms. The Morgan fingerprint density at radius 3 is 2.96 bits per heavy atom. The summed E-state index contributed by atoms with van der Waals surface area (Å²) >= 11 is 0. The van der Waals surface area contributed by atoms with Gasteiger partial charge in [0.1, 0.15) is 5.75 Å². The number of ether oxygens (including phenoxy) is 1. The molecule has 4 heteroatoms. The lowest BCUT2D eigenvalue weighted by atomic mass is 10.0. The van der Waals surface area contributed by atoms with Gasteiger partial charge in [-0.2, -0.15) is 0 Å². The number of hydrogen-bond acceptors (Lipinski definition) is 2. The second-order valence-corrected chi connectivity index (χ2v) is 6.48. The number of aryl methyl sites for hydroxylation is 1. The highest BCUT2D eigenvalue weighted by Gasteiger charge is 2.24. The van der Waals surface area contributed by atoms with Crippen LogP contribution in [0.5, 0.6) is 5.75 Å². The maximum atomic E-state index is 12.6. The highest BCUT2D eigenvalue weighted by Crippen LogP contribution is 2.27. The van der Waals surface area contributed by atoms with E-state index in [1.165, 1.54) is 22.2 Å². The van der Waals surface area contributed by atoms with Crippen LogP contribution in [0, 0.1) is 0 Å². The zero-order chi connectivity index (χ0) is 17.2. The Balaban J connectivity index is 1.45. The van der Waals surface area contributed by atoms with Crippen molar-refractivity contribution in [3.05, 3.63) is 65.4 Å². The molecule has 4 nitrogen and oxygen atoms in total. The van der Waals surface area contributed by atoms with E-state index in [1.54, 1.807) is 0 Å². The predicted octanol–water partition coefficient (Wildman–Crippen LogP) is 3.69. The molecule has 0 unspecified atom stereocenters. The van der Waals surface area contributed by atoms with Crippen LogP contribution in [-0.2, 0) is 24.2 Å². The Bertz CT molecular complexity index is 913. The summed E-state index contributed by atoms with van der Waals surface area (Å²) in [5, 5.41) is 1.21. The van der Waals surface area contributed by atoms with E-state index in [0.29, 0.717) is 6.54 Å². The molecular formula is C21H22N2O2. The largest absolute Gasteiger partial charge is 0.484 e. The number of para-hydroxylation sites is 1. The van der Waals surface area contributed by atoms with Gasteiger partial charge in [0, 0.05) is 41.7 Å². The summed E-state index contributed by atoms with van der Waals surface area (Å²) in [6.07, 6.45) is 1.82. The summed E-state index contributed by atoms with van der Waals surface area (Å²) < 4.78 is 5.72. The lowest BCUT2D eigenvalue weighted by molar-refractivity contribution is -0.134. The number of hydrogen-bond donors (Lipinski definition) is 1. The van der Waals surface area contributed by atoms with E-state index in [4.69, 9.17) is 4.74 Å². The Hall–Kier alpha value is -2.75. The van der Waals surface area contributed by atoms with Crippen LogP contribution in [-0.4, -0.2) is 28.9 Å². The van der Waals surface area contributed by atoms with Crippen molar-refractivity contribution in [1.82, 2.24) is 9.88 Å². The van der Waals surface area contributed by atoms with Crippen molar-refractivity contribution in [1.29, 1.82) is 0 Å². The molecule has 1 aliphatic heterocycles. The molecule has 1 aliphatic rings. The third-order valence-electron chi connectivity index (χ3n) is 4.90. The lowest BCUT2D eigenvalue weighted by Crippen LogP contribution is -2.38. The number of amides is 1. The van der Waals surface area contributed by atoms with Crippen molar-refractivity contribution < 1.29 is 9.53 Å². The Morgan fingerprint density at radius 2 is 2.08 bits per heavy atom. The summed E-state index contributed by atoms with van der Waals surface area (Å²) in [4.78, 5) is 18.0. The first kappa shape index (κ1) is 15.8. The molecule has 0 radical (unpaired) electrons. The lowest BCUT2D eigenvalue weighted by Gasteiger charge is -2.27. The van der Waals surface area contributed by atoms with Crippen molar-refractivity contribution >= 4 is 16.8 Å². The molecule has 3 aromatic rings. The van der Waals surface area contributed by atoms with E-state index in [9.17, 15) is 4.79 Å². The van der Waals surface area contributed by atoms with E-state index in [1.807, 2.05) is 35.2 Å². The van der Waals surface area contributed by atoms with Gasteiger partial charge in [-0.3, -0.25) is 4.79 Å². The number of nitrogens with one attached hydrogen (secondary N) is 1. The van der Waals surface area contributed by atoms with Gasteiger partial charge in [-0.05, 0) is 30.2 Å². The average molecular weight is 334 g/mol.